The van der Waals surface area contributed by atoms with Crippen LogP contribution in [0.15, 0.2) is 11.6 Å². The molecule has 0 bridgehead atoms. The van der Waals surface area contributed by atoms with E-state index >= 15 is 0 Å². The number of esters is 2. The van der Waals surface area contributed by atoms with Crippen molar-refractivity contribution in [1.29, 1.82) is 0 Å². The molecule has 0 aliphatic heterocycles. The quantitative estimate of drug-likeness (QED) is 0.529. The highest BCUT2D eigenvalue weighted by Gasteiger charge is 2.49. The smallest absolute Gasteiger partial charge is 0.357 e. The molecule has 142 valence electrons. The van der Waals surface area contributed by atoms with Crippen LogP contribution in [0.1, 0.15) is 40.4 Å². The van der Waals surface area contributed by atoms with Gasteiger partial charge in [0.25, 0.3) is 0 Å². The minimum absolute atomic E-state index is 0.0647. The molecule has 2 aromatic heterocycles. The van der Waals surface area contributed by atoms with Crippen LogP contribution in [0, 0.1) is 0 Å². The van der Waals surface area contributed by atoms with Crippen LogP contribution in [0.3, 0.4) is 0 Å². The summed E-state index contributed by atoms with van der Waals surface area (Å²) < 4.78 is 63.7. The van der Waals surface area contributed by atoms with E-state index in [-0.39, 0.29) is 24.0 Å². The summed E-state index contributed by atoms with van der Waals surface area (Å²) in [5.41, 5.74) is -2.38. The standard InChI is InChI=1S/C14H13F4N3O4S/c1-3-24-10(22)7-5-19-21(9(7)14(17,18)12(15)16)13-20-8(6-26-13)11(23)25-4-2/h5-6,12H,3-4H2,1-2H3. The molecule has 26 heavy (non-hydrogen) atoms. The fourth-order valence-electron chi connectivity index (χ4n) is 1.94. The summed E-state index contributed by atoms with van der Waals surface area (Å²) in [6.07, 6.45) is -3.41. The number of carbonyl (C=O) groups is 2. The zero-order chi connectivity index (χ0) is 19.5. The van der Waals surface area contributed by atoms with Crippen molar-refractivity contribution in [3.63, 3.8) is 0 Å². The number of alkyl halides is 4. The highest BCUT2D eigenvalue weighted by atomic mass is 32.1. The van der Waals surface area contributed by atoms with E-state index in [1.54, 1.807) is 6.92 Å². The molecule has 0 aliphatic rings. The van der Waals surface area contributed by atoms with Gasteiger partial charge >= 0.3 is 24.3 Å². The first-order valence-electron chi connectivity index (χ1n) is 7.28. The number of hydrogen-bond acceptors (Lipinski definition) is 7. The molecule has 12 heteroatoms. The van der Waals surface area contributed by atoms with Crippen LogP contribution in [0.2, 0.25) is 0 Å². The number of nitrogens with zero attached hydrogens (tertiary/aromatic N) is 3. The Morgan fingerprint density at radius 3 is 2.42 bits per heavy atom. The number of rotatable bonds is 7. The normalized spacial score (nSPS) is 11.7. The van der Waals surface area contributed by atoms with E-state index in [0.29, 0.717) is 22.2 Å². The monoisotopic (exact) mass is 395 g/mol. The van der Waals surface area contributed by atoms with Gasteiger partial charge in [0.15, 0.2) is 5.69 Å². The molecule has 0 amide bonds. The third kappa shape index (κ3) is 3.69. The highest BCUT2D eigenvalue weighted by molar-refractivity contribution is 7.12. The van der Waals surface area contributed by atoms with E-state index in [9.17, 15) is 27.2 Å². The number of hydrogen-bond donors (Lipinski definition) is 0. The molecule has 0 aromatic carbocycles. The van der Waals surface area contributed by atoms with Gasteiger partial charge in [0.1, 0.15) is 11.3 Å². The highest BCUT2D eigenvalue weighted by Crippen LogP contribution is 2.38. The predicted octanol–water partition coefficient (Wildman–Crippen LogP) is 3.04. The van der Waals surface area contributed by atoms with Gasteiger partial charge in [-0.2, -0.15) is 13.9 Å². The van der Waals surface area contributed by atoms with Gasteiger partial charge in [0.2, 0.25) is 5.13 Å². The van der Waals surface area contributed by atoms with Crippen molar-refractivity contribution < 1.29 is 36.6 Å². The van der Waals surface area contributed by atoms with Gasteiger partial charge in [0, 0.05) is 5.38 Å². The maximum atomic E-state index is 14.1. The molecule has 2 rings (SSSR count). The summed E-state index contributed by atoms with van der Waals surface area (Å²) in [5.74, 6) is -6.74. The lowest BCUT2D eigenvalue weighted by Crippen LogP contribution is -2.29. The molecular formula is C14H13F4N3O4S. The Kier molecular flexibility index (Phi) is 5.95. The van der Waals surface area contributed by atoms with Gasteiger partial charge in [-0.1, -0.05) is 0 Å². The average Bonchev–Trinajstić information content (AvgIpc) is 3.22. The van der Waals surface area contributed by atoms with Gasteiger partial charge < -0.3 is 9.47 Å². The molecule has 0 atom stereocenters. The van der Waals surface area contributed by atoms with Gasteiger partial charge in [-0.3, -0.25) is 0 Å². The van der Waals surface area contributed by atoms with E-state index in [0.717, 1.165) is 0 Å². The molecule has 0 unspecified atom stereocenters. The molecule has 2 heterocycles. The number of ether oxygens (including phenoxy) is 2. The lowest BCUT2D eigenvalue weighted by Gasteiger charge is -2.17. The van der Waals surface area contributed by atoms with Gasteiger partial charge in [-0.15, -0.1) is 11.3 Å². The lowest BCUT2D eigenvalue weighted by atomic mass is 10.1. The fraction of sp³-hybridized carbons (Fsp3) is 0.429. The topological polar surface area (TPSA) is 83.3 Å². The molecular weight excluding hydrogens is 382 g/mol. The van der Waals surface area contributed by atoms with Crippen LogP contribution >= 0.6 is 11.3 Å². The van der Waals surface area contributed by atoms with Crippen LogP contribution in [0.5, 0.6) is 0 Å². The van der Waals surface area contributed by atoms with Crippen LogP contribution < -0.4 is 0 Å². The van der Waals surface area contributed by atoms with Crippen molar-refractivity contribution in [1.82, 2.24) is 14.8 Å². The van der Waals surface area contributed by atoms with Crippen molar-refractivity contribution in [2.24, 2.45) is 0 Å². The molecule has 7 nitrogen and oxygen atoms in total. The molecule has 2 aromatic rings. The Hall–Kier alpha value is -2.50. The van der Waals surface area contributed by atoms with E-state index in [4.69, 9.17) is 4.74 Å². The molecule has 0 saturated carbocycles. The van der Waals surface area contributed by atoms with Crippen molar-refractivity contribution in [2.45, 2.75) is 26.2 Å². The first-order chi connectivity index (χ1) is 12.2. The van der Waals surface area contributed by atoms with Crippen molar-refractivity contribution in [3.05, 3.63) is 28.5 Å². The maximum Gasteiger partial charge on any atom is 0.357 e. The number of thiazole rings is 1. The molecule has 0 spiro atoms. The van der Waals surface area contributed by atoms with Crippen LogP contribution in [-0.4, -0.2) is 46.3 Å². The number of carbonyl (C=O) groups excluding carboxylic acids is 2. The van der Waals surface area contributed by atoms with Crippen LogP contribution in [0.4, 0.5) is 17.6 Å². The Morgan fingerprint density at radius 2 is 1.85 bits per heavy atom. The molecule has 0 N–H and O–H groups in total. The van der Waals surface area contributed by atoms with Crippen molar-refractivity contribution >= 4 is 23.3 Å². The minimum atomic E-state index is -4.70. The summed E-state index contributed by atoms with van der Waals surface area (Å²) in [6, 6.07) is 0. The average molecular weight is 395 g/mol. The van der Waals surface area contributed by atoms with E-state index in [1.807, 2.05) is 0 Å². The van der Waals surface area contributed by atoms with Gasteiger partial charge in [-0.25, -0.2) is 28.0 Å². The minimum Gasteiger partial charge on any atom is -0.462 e. The van der Waals surface area contributed by atoms with E-state index in [1.165, 1.54) is 12.3 Å². The third-order valence-electron chi connectivity index (χ3n) is 3.01. The summed E-state index contributed by atoms with van der Waals surface area (Å²) in [6.45, 7) is 2.91. The first-order valence-corrected chi connectivity index (χ1v) is 8.16. The number of aromatic nitrogens is 3. The van der Waals surface area contributed by atoms with E-state index in [2.05, 4.69) is 14.8 Å². The second-order valence-corrected chi connectivity index (χ2v) is 5.54. The van der Waals surface area contributed by atoms with Crippen LogP contribution in [0.25, 0.3) is 5.13 Å². The Labute approximate surface area is 148 Å². The summed E-state index contributed by atoms with van der Waals surface area (Å²) in [7, 11) is 0. The van der Waals surface area contributed by atoms with Crippen LogP contribution in [-0.2, 0) is 15.4 Å². The maximum absolute atomic E-state index is 14.1. The summed E-state index contributed by atoms with van der Waals surface area (Å²) in [4.78, 5) is 27.2. The van der Waals surface area contributed by atoms with E-state index < -0.39 is 35.5 Å². The van der Waals surface area contributed by atoms with Crippen molar-refractivity contribution in [3.8, 4) is 5.13 Å². The zero-order valence-corrected chi connectivity index (χ0v) is 14.4. The molecule has 0 fully saturated rings. The predicted molar refractivity (Wildman–Crippen MR) is 81.0 cm³/mol. The molecule has 0 saturated heterocycles. The molecule has 0 radical (unpaired) electrons. The SMILES string of the molecule is CCOC(=O)c1csc(-n2ncc(C(=O)OCC)c2C(F)(F)C(F)F)n1. The third-order valence-corrected chi connectivity index (χ3v) is 3.83. The van der Waals surface area contributed by atoms with Gasteiger partial charge in [-0.05, 0) is 13.8 Å². The van der Waals surface area contributed by atoms with Crippen molar-refractivity contribution in [2.75, 3.05) is 13.2 Å². The Bertz CT molecular complexity index is 806. The fourth-order valence-corrected chi connectivity index (χ4v) is 2.69. The number of halogens is 4. The zero-order valence-electron chi connectivity index (χ0n) is 13.5. The Balaban J connectivity index is 2.56. The molecule has 0 aliphatic carbocycles. The second kappa shape index (κ2) is 7.81. The summed E-state index contributed by atoms with van der Waals surface area (Å²) >= 11 is 0.695. The lowest BCUT2D eigenvalue weighted by molar-refractivity contribution is -0.139. The Morgan fingerprint density at radius 1 is 1.23 bits per heavy atom. The summed E-state index contributed by atoms with van der Waals surface area (Å²) in [5, 5.41) is 4.45. The largest absolute Gasteiger partial charge is 0.462 e. The van der Waals surface area contributed by atoms with Gasteiger partial charge in [0.05, 0.1) is 19.4 Å². The first kappa shape index (κ1) is 19.8. The second-order valence-electron chi connectivity index (χ2n) is 4.70.